The van der Waals surface area contributed by atoms with E-state index in [0.29, 0.717) is 41.9 Å². The molecule has 1 amide bonds. The van der Waals surface area contributed by atoms with Crippen molar-refractivity contribution in [3.05, 3.63) is 71.5 Å². The molecule has 4 aromatic rings. The highest BCUT2D eigenvalue weighted by atomic mass is 16.2. The second kappa shape index (κ2) is 17.0. The number of hydrogen-bond donors (Lipinski definition) is 6. The monoisotopic (exact) mass is 561 g/mol. The zero-order chi connectivity index (χ0) is 30.2. The molecule has 12 heteroatoms. The summed E-state index contributed by atoms with van der Waals surface area (Å²) in [5.74, 6) is -0.0856. The van der Waals surface area contributed by atoms with Crippen LogP contribution in [0, 0.1) is 6.92 Å². The van der Waals surface area contributed by atoms with Crippen molar-refractivity contribution in [2.75, 3.05) is 35.8 Å². The molecule has 0 bridgehead atoms. The number of aryl methyl sites for hydroxylation is 1. The summed E-state index contributed by atoms with van der Waals surface area (Å²) in [7, 11) is 1.00. The second-order valence-corrected chi connectivity index (χ2v) is 8.58. The molecule has 1 atom stereocenters. The number of anilines is 4. The van der Waals surface area contributed by atoms with Crippen LogP contribution in [0.3, 0.4) is 0 Å². The van der Waals surface area contributed by atoms with Crippen molar-refractivity contribution in [2.24, 2.45) is 0 Å². The maximum absolute atomic E-state index is 12.6. The zero-order valence-corrected chi connectivity index (χ0v) is 23.9. The van der Waals surface area contributed by atoms with Gasteiger partial charge in [-0.05, 0) is 56.2 Å². The molecule has 4 rings (SSSR count). The van der Waals surface area contributed by atoms with Crippen molar-refractivity contribution in [1.82, 2.24) is 25.3 Å². The maximum atomic E-state index is 12.6. The van der Waals surface area contributed by atoms with Crippen molar-refractivity contribution < 1.29 is 14.7 Å². The number of aldehydes is 1. The number of rotatable bonds is 11. The number of amides is 1. The van der Waals surface area contributed by atoms with Gasteiger partial charge in [0.15, 0.2) is 17.0 Å². The maximum Gasteiger partial charge on any atom is 0.251 e. The molecular formula is C29H39N9O3. The van der Waals surface area contributed by atoms with E-state index in [9.17, 15) is 9.59 Å². The van der Waals surface area contributed by atoms with E-state index < -0.39 is 6.04 Å². The van der Waals surface area contributed by atoms with Crippen molar-refractivity contribution in [2.45, 2.75) is 46.2 Å². The molecule has 218 valence electrons. The minimum Gasteiger partial charge on any atom is -0.400 e. The Kier molecular flexibility index (Phi) is 13.4. The number of hydrogen-bond acceptors (Lipinski definition) is 11. The number of nitrogens with two attached hydrogens (primary N) is 2. The van der Waals surface area contributed by atoms with Crippen LogP contribution in [0.25, 0.3) is 11.2 Å². The molecule has 2 heterocycles. The molecule has 0 aliphatic rings. The number of nitrogen functional groups attached to an aromatic ring is 2. The van der Waals surface area contributed by atoms with Gasteiger partial charge in [-0.25, -0.2) is 9.97 Å². The van der Waals surface area contributed by atoms with Crippen molar-refractivity contribution in [1.29, 1.82) is 0 Å². The molecule has 41 heavy (non-hydrogen) atoms. The molecule has 0 radical (unpaired) electrons. The SMILES string of the molecule is CC.CO.Cc1ccc(NCCCC(C=O)NC(=O)c2ccc(NCc3cnc4nc(N)nc(N)c4n3)cc2)cc1. The van der Waals surface area contributed by atoms with E-state index in [-0.39, 0.29) is 17.7 Å². The first-order valence-electron chi connectivity index (χ1n) is 13.3. The lowest BCUT2D eigenvalue weighted by Crippen LogP contribution is -2.36. The summed E-state index contributed by atoms with van der Waals surface area (Å²) in [4.78, 5) is 40.7. The number of carbonyl (C=O) groups is 2. The van der Waals surface area contributed by atoms with Crippen LogP contribution in [0.4, 0.5) is 23.1 Å². The average molecular weight is 562 g/mol. The van der Waals surface area contributed by atoms with Gasteiger partial charge in [0, 0.05) is 30.6 Å². The van der Waals surface area contributed by atoms with Crippen LogP contribution in [0.15, 0.2) is 54.7 Å². The summed E-state index contributed by atoms with van der Waals surface area (Å²) in [6.45, 7) is 7.12. The van der Waals surface area contributed by atoms with Crippen LogP contribution >= 0.6 is 0 Å². The summed E-state index contributed by atoms with van der Waals surface area (Å²) >= 11 is 0. The van der Waals surface area contributed by atoms with Crippen molar-refractivity contribution >= 4 is 46.5 Å². The molecule has 0 saturated heterocycles. The minimum atomic E-state index is -0.552. The summed E-state index contributed by atoms with van der Waals surface area (Å²) in [5, 5.41) is 16.3. The van der Waals surface area contributed by atoms with Crippen LogP contribution < -0.4 is 27.4 Å². The fourth-order valence-corrected chi connectivity index (χ4v) is 3.65. The van der Waals surface area contributed by atoms with Gasteiger partial charge in [0.2, 0.25) is 5.95 Å². The number of aliphatic hydroxyl groups excluding tert-OH is 1. The molecule has 2 aromatic heterocycles. The van der Waals surface area contributed by atoms with E-state index in [1.165, 1.54) is 5.56 Å². The van der Waals surface area contributed by atoms with Gasteiger partial charge in [0.25, 0.3) is 5.91 Å². The van der Waals surface area contributed by atoms with E-state index in [4.69, 9.17) is 16.6 Å². The minimum absolute atomic E-state index is 0.0453. The summed E-state index contributed by atoms with van der Waals surface area (Å²) < 4.78 is 0. The number of carbonyl (C=O) groups excluding carboxylic acids is 2. The van der Waals surface area contributed by atoms with Gasteiger partial charge in [-0.3, -0.25) is 4.79 Å². The first kappa shape index (κ1) is 32.4. The van der Waals surface area contributed by atoms with Gasteiger partial charge in [-0.1, -0.05) is 31.5 Å². The Bertz CT molecular complexity index is 1380. The van der Waals surface area contributed by atoms with E-state index in [2.05, 4.69) is 35.9 Å². The third-order valence-corrected chi connectivity index (χ3v) is 5.68. The molecule has 1 unspecified atom stereocenters. The standard InChI is InChI=1S/C26H29N9O2.C2H6.CH4O/c1-16-4-8-18(9-5-16)29-12-2-3-20(15-36)33-25(37)17-6-10-19(11-7-17)30-13-21-14-31-24-22(32-21)23(27)34-26(28)35-24;2*1-2/h4-11,14-15,20,29-30H,2-3,12-13H2,1H3,(H,33,37)(H4,27,28,31,34,35);1-2H3;2H,1H3. The molecule has 0 fully saturated rings. The van der Waals surface area contributed by atoms with Gasteiger partial charge < -0.3 is 37.3 Å². The van der Waals surface area contributed by atoms with Crippen LogP contribution in [0.1, 0.15) is 48.3 Å². The first-order valence-corrected chi connectivity index (χ1v) is 13.3. The van der Waals surface area contributed by atoms with E-state index >= 15 is 0 Å². The van der Waals surface area contributed by atoms with Crippen LogP contribution in [-0.4, -0.2) is 56.9 Å². The quantitative estimate of drug-likeness (QED) is 0.116. The molecule has 0 spiro atoms. The number of nitrogens with one attached hydrogen (secondary N) is 3. The Hall–Kier alpha value is -4.84. The number of fused-ring (bicyclic) bond motifs is 1. The Morgan fingerprint density at radius 2 is 1.59 bits per heavy atom. The van der Waals surface area contributed by atoms with Gasteiger partial charge in [0.1, 0.15) is 6.29 Å². The highest BCUT2D eigenvalue weighted by Gasteiger charge is 2.13. The molecular weight excluding hydrogens is 522 g/mol. The number of aromatic nitrogens is 4. The fourth-order valence-electron chi connectivity index (χ4n) is 3.65. The smallest absolute Gasteiger partial charge is 0.251 e. The van der Waals surface area contributed by atoms with Gasteiger partial charge >= 0.3 is 0 Å². The topological polar surface area (TPSA) is 194 Å². The van der Waals surface area contributed by atoms with Crippen LogP contribution in [0.5, 0.6) is 0 Å². The average Bonchev–Trinajstić information content (AvgIpc) is 3.00. The zero-order valence-electron chi connectivity index (χ0n) is 23.9. The number of nitrogens with zero attached hydrogens (tertiary/aromatic N) is 4. The highest BCUT2D eigenvalue weighted by Crippen LogP contribution is 2.16. The Balaban J connectivity index is 0.00000141. The predicted octanol–water partition coefficient (Wildman–Crippen LogP) is 3.33. The first-order chi connectivity index (χ1) is 19.9. The predicted molar refractivity (Wildman–Crippen MR) is 163 cm³/mol. The molecule has 2 aromatic carbocycles. The Morgan fingerprint density at radius 3 is 2.24 bits per heavy atom. The van der Waals surface area contributed by atoms with Gasteiger partial charge in [0.05, 0.1) is 24.5 Å². The lowest BCUT2D eigenvalue weighted by atomic mass is 10.1. The Labute approximate surface area is 240 Å². The Morgan fingerprint density at radius 1 is 0.951 bits per heavy atom. The lowest BCUT2D eigenvalue weighted by Gasteiger charge is -2.14. The van der Waals surface area contributed by atoms with Crippen molar-refractivity contribution in [3.8, 4) is 0 Å². The molecule has 0 aliphatic carbocycles. The van der Waals surface area contributed by atoms with Crippen molar-refractivity contribution in [3.63, 3.8) is 0 Å². The molecule has 0 saturated carbocycles. The number of benzene rings is 2. The summed E-state index contributed by atoms with van der Waals surface area (Å²) in [5.41, 5.74) is 16.3. The van der Waals surface area contributed by atoms with E-state index in [1.807, 2.05) is 45.0 Å². The third-order valence-electron chi connectivity index (χ3n) is 5.68. The van der Waals surface area contributed by atoms with E-state index in [1.54, 1.807) is 30.5 Å². The van der Waals surface area contributed by atoms with Gasteiger partial charge in [-0.15, -0.1) is 0 Å². The third kappa shape index (κ3) is 10.0. The summed E-state index contributed by atoms with van der Waals surface area (Å²) in [6.07, 6.45) is 3.64. The van der Waals surface area contributed by atoms with Gasteiger partial charge in [-0.2, -0.15) is 9.97 Å². The van der Waals surface area contributed by atoms with E-state index in [0.717, 1.165) is 31.2 Å². The molecule has 8 N–H and O–H groups in total. The normalized spacial score (nSPS) is 10.8. The second-order valence-electron chi connectivity index (χ2n) is 8.58. The van der Waals surface area contributed by atoms with Crippen LogP contribution in [0.2, 0.25) is 0 Å². The molecule has 12 nitrogen and oxygen atoms in total. The highest BCUT2D eigenvalue weighted by molar-refractivity contribution is 5.96. The lowest BCUT2D eigenvalue weighted by molar-refractivity contribution is -0.109. The molecule has 0 aliphatic heterocycles. The van der Waals surface area contributed by atoms with Crippen LogP contribution in [-0.2, 0) is 11.3 Å². The summed E-state index contributed by atoms with van der Waals surface area (Å²) in [6, 6.07) is 14.5. The number of aliphatic hydroxyl groups is 1. The largest absolute Gasteiger partial charge is 0.400 e. The fraction of sp³-hybridized carbons (Fsp3) is 0.310.